The van der Waals surface area contributed by atoms with E-state index in [-0.39, 0.29) is 11.8 Å². The minimum atomic E-state index is -0.798. The first-order valence-corrected chi connectivity index (χ1v) is 4.78. The van der Waals surface area contributed by atoms with E-state index < -0.39 is 12.1 Å². The van der Waals surface area contributed by atoms with E-state index in [1.54, 1.807) is 12.2 Å². The van der Waals surface area contributed by atoms with Crippen molar-refractivity contribution in [3.05, 3.63) is 24.8 Å². The van der Waals surface area contributed by atoms with Crippen molar-refractivity contribution < 1.29 is 15.0 Å². The van der Waals surface area contributed by atoms with Crippen molar-refractivity contribution in [2.45, 2.75) is 31.8 Å². The van der Waals surface area contributed by atoms with Crippen LogP contribution in [-0.2, 0) is 4.79 Å². The number of rotatable bonds is 4. The summed E-state index contributed by atoms with van der Waals surface area (Å²) in [5, 5.41) is 18.1. The summed E-state index contributed by atoms with van der Waals surface area (Å²) in [5.74, 6) is -0.798. The van der Waals surface area contributed by atoms with Gasteiger partial charge in [0.15, 0.2) is 0 Å². The number of hydrogen-bond donors (Lipinski definition) is 2. The number of aliphatic carboxylic acids is 1. The van der Waals surface area contributed by atoms with Crippen molar-refractivity contribution in [1.29, 1.82) is 0 Å². The van der Waals surface area contributed by atoms with E-state index in [1.165, 1.54) is 0 Å². The number of hydrogen-bond acceptors (Lipinski definition) is 2. The zero-order valence-electron chi connectivity index (χ0n) is 8.15. The van der Waals surface area contributed by atoms with Gasteiger partial charge in [-0.15, -0.1) is 6.58 Å². The molecule has 2 N–H and O–H groups in total. The largest absolute Gasteiger partial charge is 0.481 e. The molecule has 78 valence electrons. The average molecular weight is 196 g/mol. The van der Waals surface area contributed by atoms with Gasteiger partial charge >= 0.3 is 5.97 Å². The Morgan fingerprint density at radius 3 is 2.86 bits per heavy atom. The lowest BCUT2D eigenvalue weighted by molar-refractivity contribution is -0.139. The highest BCUT2D eigenvalue weighted by atomic mass is 16.4. The van der Waals surface area contributed by atoms with Crippen LogP contribution in [0.25, 0.3) is 0 Å². The molecule has 0 aromatic rings. The number of carboxylic acids is 1. The van der Waals surface area contributed by atoms with Crippen molar-refractivity contribution in [2.75, 3.05) is 0 Å². The van der Waals surface area contributed by atoms with E-state index in [0.717, 1.165) is 0 Å². The molecular weight excluding hydrogens is 180 g/mol. The second kappa shape index (κ2) is 4.42. The summed E-state index contributed by atoms with van der Waals surface area (Å²) in [7, 11) is 0. The highest BCUT2D eigenvalue weighted by Gasteiger charge is 2.31. The Hall–Kier alpha value is -1.09. The molecule has 0 aromatic carbocycles. The van der Waals surface area contributed by atoms with E-state index in [1.807, 2.05) is 6.08 Å². The molecule has 0 fully saturated rings. The van der Waals surface area contributed by atoms with Gasteiger partial charge in [0.2, 0.25) is 0 Å². The molecule has 2 atom stereocenters. The third-order valence-corrected chi connectivity index (χ3v) is 2.66. The molecule has 1 aliphatic carbocycles. The SMILES string of the molecule is C=CCC1(CC(=O)O)C=CC(O)CC1. The fourth-order valence-corrected chi connectivity index (χ4v) is 1.91. The van der Waals surface area contributed by atoms with Crippen molar-refractivity contribution in [3.63, 3.8) is 0 Å². The van der Waals surface area contributed by atoms with Crippen LogP contribution in [0.5, 0.6) is 0 Å². The molecular formula is C11H16O3. The summed E-state index contributed by atoms with van der Waals surface area (Å²) < 4.78 is 0. The summed E-state index contributed by atoms with van der Waals surface area (Å²) in [4.78, 5) is 10.7. The molecule has 0 bridgehead atoms. The Morgan fingerprint density at radius 2 is 2.43 bits per heavy atom. The monoisotopic (exact) mass is 196 g/mol. The molecule has 0 spiro atoms. The lowest BCUT2D eigenvalue weighted by Gasteiger charge is -2.32. The van der Waals surface area contributed by atoms with Crippen molar-refractivity contribution in [1.82, 2.24) is 0 Å². The van der Waals surface area contributed by atoms with Gasteiger partial charge in [0.1, 0.15) is 0 Å². The van der Waals surface area contributed by atoms with Crippen LogP contribution in [0.15, 0.2) is 24.8 Å². The lowest BCUT2D eigenvalue weighted by Crippen LogP contribution is -2.27. The molecule has 0 heterocycles. The molecule has 0 saturated heterocycles. The van der Waals surface area contributed by atoms with Crippen LogP contribution in [0.2, 0.25) is 0 Å². The third kappa shape index (κ3) is 2.70. The van der Waals surface area contributed by atoms with Crippen molar-refractivity contribution in [2.24, 2.45) is 5.41 Å². The van der Waals surface area contributed by atoms with Gasteiger partial charge in [-0.25, -0.2) is 0 Å². The Bertz CT molecular complexity index is 257. The molecule has 0 amide bonds. The second-order valence-electron chi connectivity index (χ2n) is 3.89. The number of carbonyl (C=O) groups is 1. The highest BCUT2D eigenvalue weighted by molar-refractivity contribution is 5.68. The molecule has 0 aromatic heterocycles. The van der Waals surface area contributed by atoms with Gasteiger partial charge in [0.05, 0.1) is 12.5 Å². The van der Waals surface area contributed by atoms with Gasteiger partial charge in [-0.1, -0.05) is 18.2 Å². The van der Waals surface area contributed by atoms with Crippen LogP contribution < -0.4 is 0 Å². The van der Waals surface area contributed by atoms with Gasteiger partial charge < -0.3 is 10.2 Å². The molecule has 0 radical (unpaired) electrons. The zero-order valence-corrected chi connectivity index (χ0v) is 8.15. The summed E-state index contributed by atoms with van der Waals surface area (Å²) in [6.07, 6.45) is 6.96. The topological polar surface area (TPSA) is 57.5 Å². The minimum Gasteiger partial charge on any atom is -0.481 e. The quantitative estimate of drug-likeness (QED) is 0.673. The predicted molar refractivity (Wildman–Crippen MR) is 53.9 cm³/mol. The maximum absolute atomic E-state index is 10.7. The Morgan fingerprint density at radius 1 is 1.71 bits per heavy atom. The molecule has 2 unspecified atom stereocenters. The first-order chi connectivity index (χ1) is 6.58. The third-order valence-electron chi connectivity index (χ3n) is 2.66. The molecule has 1 rings (SSSR count). The van der Waals surface area contributed by atoms with Crippen LogP contribution in [0, 0.1) is 5.41 Å². The van der Waals surface area contributed by atoms with Gasteiger partial charge in [0, 0.05) is 5.41 Å². The van der Waals surface area contributed by atoms with Gasteiger partial charge in [-0.3, -0.25) is 4.79 Å². The summed E-state index contributed by atoms with van der Waals surface area (Å²) in [6.45, 7) is 3.64. The maximum atomic E-state index is 10.7. The van der Waals surface area contributed by atoms with Crippen LogP contribution >= 0.6 is 0 Å². The van der Waals surface area contributed by atoms with Crippen molar-refractivity contribution >= 4 is 5.97 Å². The fourth-order valence-electron chi connectivity index (χ4n) is 1.91. The summed E-state index contributed by atoms with van der Waals surface area (Å²) in [6, 6.07) is 0. The van der Waals surface area contributed by atoms with E-state index in [4.69, 9.17) is 5.11 Å². The Labute approximate surface area is 83.8 Å². The average Bonchev–Trinajstić information content (AvgIpc) is 2.10. The van der Waals surface area contributed by atoms with E-state index in [9.17, 15) is 9.90 Å². The standard InChI is InChI=1S/C11H16O3/c1-2-5-11(8-10(13)14)6-3-9(12)4-7-11/h2-3,6,9,12H,1,4-5,7-8H2,(H,13,14). The van der Waals surface area contributed by atoms with Gasteiger partial charge in [-0.05, 0) is 19.3 Å². The summed E-state index contributed by atoms with van der Waals surface area (Å²) >= 11 is 0. The van der Waals surface area contributed by atoms with Crippen LogP contribution in [-0.4, -0.2) is 22.3 Å². The molecule has 3 heteroatoms. The molecule has 14 heavy (non-hydrogen) atoms. The van der Waals surface area contributed by atoms with E-state index >= 15 is 0 Å². The van der Waals surface area contributed by atoms with Crippen LogP contribution in [0.3, 0.4) is 0 Å². The number of carboxylic acid groups (broad SMARTS) is 1. The molecule has 0 saturated carbocycles. The highest BCUT2D eigenvalue weighted by Crippen LogP contribution is 2.38. The van der Waals surface area contributed by atoms with Gasteiger partial charge in [0.25, 0.3) is 0 Å². The first-order valence-electron chi connectivity index (χ1n) is 4.78. The maximum Gasteiger partial charge on any atom is 0.304 e. The van der Waals surface area contributed by atoms with Gasteiger partial charge in [-0.2, -0.15) is 0 Å². The number of allylic oxidation sites excluding steroid dienone is 2. The first kappa shape index (κ1) is 11.0. The van der Waals surface area contributed by atoms with Crippen LogP contribution in [0.4, 0.5) is 0 Å². The number of aliphatic hydroxyl groups excluding tert-OH is 1. The van der Waals surface area contributed by atoms with Crippen LogP contribution in [0.1, 0.15) is 25.7 Å². The zero-order chi connectivity index (χ0) is 10.6. The molecule has 0 aliphatic heterocycles. The molecule has 3 nitrogen and oxygen atoms in total. The van der Waals surface area contributed by atoms with E-state index in [2.05, 4.69) is 6.58 Å². The Balaban J connectivity index is 2.76. The molecule has 1 aliphatic rings. The lowest BCUT2D eigenvalue weighted by atomic mass is 9.73. The van der Waals surface area contributed by atoms with E-state index in [0.29, 0.717) is 19.3 Å². The smallest absolute Gasteiger partial charge is 0.304 e. The normalized spacial score (nSPS) is 31.4. The second-order valence-corrected chi connectivity index (χ2v) is 3.89. The number of aliphatic hydroxyl groups is 1. The summed E-state index contributed by atoms with van der Waals surface area (Å²) in [5.41, 5.74) is -0.327. The minimum absolute atomic E-state index is 0.113. The predicted octanol–water partition coefficient (Wildman–Crippen LogP) is 1.73. The van der Waals surface area contributed by atoms with Crippen molar-refractivity contribution in [3.8, 4) is 0 Å². The fraction of sp³-hybridized carbons (Fsp3) is 0.545. The Kier molecular flexibility index (Phi) is 3.47.